The fraction of sp³-hybridized carbons (Fsp3) is 0.421. The number of aliphatic imine (C=N–C) groups is 1. The van der Waals surface area contributed by atoms with E-state index >= 15 is 0 Å². The Morgan fingerprint density at radius 3 is 2.46 bits per heavy atom. The van der Waals surface area contributed by atoms with Crippen LogP contribution in [0.25, 0.3) is 5.70 Å². The van der Waals surface area contributed by atoms with Gasteiger partial charge in [-0.15, -0.1) is 0 Å². The fourth-order valence-electron chi connectivity index (χ4n) is 1.92. The van der Waals surface area contributed by atoms with Crippen molar-refractivity contribution in [2.45, 2.75) is 26.9 Å². The van der Waals surface area contributed by atoms with Crippen molar-refractivity contribution in [2.75, 3.05) is 27.2 Å². The first-order chi connectivity index (χ1) is 11.5. The smallest absolute Gasteiger partial charge is 0.129 e. The van der Waals surface area contributed by atoms with Crippen molar-refractivity contribution >= 4 is 11.4 Å². The largest absolute Gasteiger partial charge is 0.487 e. The number of allylic oxidation sites excluding steroid dienone is 2. The molecule has 0 heterocycles. The molecule has 134 valence electrons. The summed E-state index contributed by atoms with van der Waals surface area (Å²) >= 11 is 0. The number of para-hydroxylation sites is 1. The van der Waals surface area contributed by atoms with Gasteiger partial charge < -0.3 is 21.5 Å². The van der Waals surface area contributed by atoms with E-state index in [0.29, 0.717) is 13.1 Å². The summed E-state index contributed by atoms with van der Waals surface area (Å²) in [6.07, 6.45) is 1.90. The first kappa shape index (κ1) is 22.1. The van der Waals surface area contributed by atoms with E-state index in [9.17, 15) is 0 Å². The third-order valence-electron chi connectivity index (χ3n) is 3.33. The van der Waals surface area contributed by atoms with Gasteiger partial charge in [-0.1, -0.05) is 24.8 Å². The van der Waals surface area contributed by atoms with E-state index in [4.69, 9.17) is 10.5 Å². The van der Waals surface area contributed by atoms with Gasteiger partial charge in [-0.2, -0.15) is 0 Å². The summed E-state index contributed by atoms with van der Waals surface area (Å²) in [6, 6.07) is 7.89. The van der Waals surface area contributed by atoms with E-state index < -0.39 is 0 Å². The van der Waals surface area contributed by atoms with Crippen LogP contribution in [0.2, 0.25) is 0 Å². The molecule has 1 rings (SSSR count). The quantitative estimate of drug-likeness (QED) is 0.639. The number of nitrogens with zero attached hydrogens (tertiary/aromatic N) is 1. The number of ether oxygens (including phenoxy) is 1. The molecule has 1 atom stereocenters. The third-order valence-corrected chi connectivity index (χ3v) is 3.33. The average Bonchev–Trinajstić information content (AvgIpc) is 2.61. The van der Waals surface area contributed by atoms with Gasteiger partial charge in [0, 0.05) is 24.4 Å². The normalized spacial score (nSPS) is 13.0. The molecule has 0 aliphatic carbocycles. The molecule has 1 aromatic carbocycles. The second kappa shape index (κ2) is 12.5. The van der Waals surface area contributed by atoms with Crippen LogP contribution in [0, 0.1) is 0 Å². The fourth-order valence-corrected chi connectivity index (χ4v) is 1.92. The zero-order chi connectivity index (χ0) is 18.5. The molecule has 5 N–H and O–H groups in total. The van der Waals surface area contributed by atoms with Crippen LogP contribution in [0.1, 0.15) is 26.3 Å². The summed E-state index contributed by atoms with van der Waals surface area (Å²) in [4.78, 5) is 4.66. The van der Waals surface area contributed by atoms with Crippen LogP contribution in [-0.4, -0.2) is 39.0 Å². The number of benzene rings is 1. The molecule has 0 fully saturated rings. The van der Waals surface area contributed by atoms with Crippen LogP contribution in [0.4, 0.5) is 0 Å². The number of hydrogen-bond acceptors (Lipinski definition) is 5. The molecule has 5 heteroatoms. The lowest BCUT2D eigenvalue weighted by molar-refractivity contribution is 0.208. The molecule has 0 aliphatic rings. The van der Waals surface area contributed by atoms with E-state index in [1.807, 2.05) is 58.2 Å². The highest BCUT2D eigenvalue weighted by Gasteiger charge is 2.13. The third kappa shape index (κ3) is 7.08. The monoisotopic (exact) mass is 332 g/mol. The van der Waals surface area contributed by atoms with Gasteiger partial charge in [-0.25, -0.2) is 0 Å². The van der Waals surface area contributed by atoms with Crippen LogP contribution >= 0.6 is 0 Å². The topological polar surface area (TPSA) is 85.7 Å². The molecule has 1 unspecified atom stereocenters. The van der Waals surface area contributed by atoms with E-state index in [0.717, 1.165) is 28.3 Å². The Morgan fingerprint density at radius 1 is 1.33 bits per heavy atom. The number of hydrogen-bond donors (Lipinski definition) is 3. The van der Waals surface area contributed by atoms with Gasteiger partial charge in [0.2, 0.25) is 0 Å². The molecule has 0 aliphatic heterocycles. The van der Waals surface area contributed by atoms with Gasteiger partial charge in [0.05, 0.1) is 5.70 Å². The summed E-state index contributed by atoms with van der Waals surface area (Å²) in [5.41, 5.74) is 14.0. The second-order valence-electron chi connectivity index (χ2n) is 5.18. The summed E-state index contributed by atoms with van der Waals surface area (Å²) < 4.78 is 6.04. The highest BCUT2D eigenvalue weighted by molar-refractivity contribution is 6.00. The Hall–Kier alpha value is -1.95. The maximum absolute atomic E-state index is 6.04. The predicted molar refractivity (Wildman–Crippen MR) is 106 cm³/mol. The summed E-state index contributed by atoms with van der Waals surface area (Å²) in [7, 11) is 3.38. The number of likely N-dealkylation sites (N-methyl/N-ethyl adjacent to an activating group) is 1. The minimum atomic E-state index is -0.0736. The Kier molecular flexibility index (Phi) is 11.5. The Labute approximate surface area is 146 Å². The lowest BCUT2D eigenvalue weighted by Gasteiger charge is -2.19. The molecule has 0 aromatic heterocycles. The number of rotatable bonds is 8. The van der Waals surface area contributed by atoms with Gasteiger partial charge in [-0.3, -0.25) is 4.99 Å². The molecule has 1 aromatic rings. The van der Waals surface area contributed by atoms with Gasteiger partial charge in [0.25, 0.3) is 0 Å². The molecule has 0 saturated heterocycles. The zero-order valence-corrected chi connectivity index (χ0v) is 15.6. The van der Waals surface area contributed by atoms with Crippen LogP contribution in [0.5, 0.6) is 5.75 Å². The maximum atomic E-state index is 6.04. The first-order valence-electron chi connectivity index (χ1n) is 8.09. The summed E-state index contributed by atoms with van der Waals surface area (Å²) in [6.45, 7) is 11.0. The highest BCUT2D eigenvalue weighted by Crippen LogP contribution is 2.28. The minimum absolute atomic E-state index is 0.0736. The van der Waals surface area contributed by atoms with Crippen molar-refractivity contribution in [3.8, 4) is 5.75 Å². The van der Waals surface area contributed by atoms with Crippen LogP contribution in [0.15, 0.2) is 47.5 Å². The van der Waals surface area contributed by atoms with Crippen molar-refractivity contribution < 1.29 is 4.74 Å². The van der Waals surface area contributed by atoms with Crippen molar-refractivity contribution in [2.24, 2.45) is 16.5 Å². The lowest BCUT2D eigenvalue weighted by Crippen LogP contribution is -2.36. The second-order valence-corrected chi connectivity index (χ2v) is 5.18. The average molecular weight is 332 g/mol. The molecular formula is C19H32N4O. The molecule has 5 nitrogen and oxygen atoms in total. The predicted octanol–water partition coefficient (Wildman–Crippen LogP) is 2.58. The van der Waals surface area contributed by atoms with Crippen LogP contribution in [0.3, 0.4) is 0 Å². The molecule has 0 radical (unpaired) electrons. The molecule has 24 heavy (non-hydrogen) atoms. The molecule has 0 saturated carbocycles. The molecule has 0 amide bonds. The lowest BCUT2D eigenvalue weighted by atomic mass is 10.1. The van der Waals surface area contributed by atoms with Gasteiger partial charge in [0.15, 0.2) is 0 Å². The number of nitrogens with two attached hydrogens (primary N) is 2. The SMILES string of the molecule is C=C(C)C(C)=N/C(=C\C)c1ccccc1OC(CN)CNC.CN. The Bertz CT molecular complexity index is 564. The summed E-state index contributed by atoms with van der Waals surface area (Å²) in [5.74, 6) is 0.791. The van der Waals surface area contributed by atoms with Crippen molar-refractivity contribution in [3.63, 3.8) is 0 Å². The maximum Gasteiger partial charge on any atom is 0.129 e. The zero-order valence-electron chi connectivity index (χ0n) is 15.6. The van der Waals surface area contributed by atoms with Gasteiger partial charge in [0.1, 0.15) is 11.9 Å². The summed E-state index contributed by atoms with van der Waals surface area (Å²) in [5, 5.41) is 3.09. The number of nitrogens with one attached hydrogen (secondary N) is 1. The van der Waals surface area contributed by atoms with Crippen molar-refractivity contribution in [1.29, 1.82) is 0 Å². The standard InChI is InChI=1S/C18H27N3O.CH5N/c1-6-17(21-14(4)13(2)3)16-9-7-8-10-18(16)22-15(11-19)12-20-5;1-2/h6-10,15,20H,2,11-12,19H2,1,3-5H3;2H2,1H3/b17-6-,21-14?;. The van der Waals surface area contributed by atoms with Crippen LogP contribution in [-0.2, 0) is 0 Å². The molecule has 0 spiro atoms. The molecular weight excluding hydrogens is 300 g/mol. The van der Waals surface area contributed by atoms with E-state index in [1.54, 1.807) is 0 Å². The Balaban J connectivity index is 0.00000254. The van der Waals surface area contributed by atoms with E-state index in [-0.39, 0.29) is 6.10 Å². The van der Waals surface area contributed by atoms with Gasteiger partial charge >= 0.3 is 0 Å². The van der Waals surface area contributed by atoms with E-state index in [2.05, 4.69) is 22.6 Å². The molecule has 0 bridgehead atoms. The van der Waals surface area contributed by atoms with Gasteiger partial charge in [-0.05, 0) is 52.6 Å². The Morgan fingerprint density at radius 2 is 1.96 bits per heavy atom. The minimum Gasteiger partial charge on any atom is -0.487 e. The first-order valence-corrected chi connectivity index (χ1v) is 8.09. The van der Waals surface area contributed by atoms with Crippen LogP contribution < -0.4 is 21.5 Å². The van der Waals surface area contributed by atoms with Crippen molar-refractivity contribution in [1.82, 2.24) is 5.32 Å². The van der Waals surface area contributed by atoms with E-state index in [1.165, 1.54) is 7.05 Å². The van der Waals surface area contributed by atoms with Crippen molar-refractivity contribution in [3.05, 3.63) is 48.1 Å². The highest BCUT2D eigenvalue weighted by atomic mass is 16.5.